The zero-order chi connectivity index (χ0) is 12.0. The number of ether oxygens (including phenoxy) is 2. The van der Waals surface area contributed by atoms with Crippen LogP contribution in [0.3, 0.4) is 0 Å². The third-order valence-corrected chi connectivity index (χ3v) is 2.61. The fraction of sp³-hybridized carbons (Fsp3) is 0.750. The fourth-order valence-electron chi connectivity index (χ4n) is 1.62. The Hall–Kier alpha value is -1.05. The van der Waals surface area contributed by atoms with Crippen LogP contribution in [0.5, 0.6) is 0 Å². The molecule has 1 fully saturated rings. The molecule has 1 heterocycles. The fourth-order valence-corrected chi connectivity index (χ4v) is 1.62. The Morgan fingerprint density at radius 1 is 1.75 bits per heavy atom. The molecule has 0 unspecified atom stereocenters. The lowest BCUT2D eigenvalue weighted by Gasteiger charge is -2.20. The third-order valence-electron chi connectivity index (χ3n) is 2.61. The van der Waals surface area contributed by atoms with Crippen molar-refractivity contribution in [1.29, 1.82) is 0 Å². The summed E-state index contributed by atoms with van der Waals surface area (Å²) in [6, 6.07) is 0. The Morgan fingerprint density at radius 3 is 3.06 bits per heavy atom. The van der Waals surface area contributed by atoms with Gasteiger partial charge in [-0.1, -0.05) is 5.92 Å². The van der Waals surface area contributed by atoms with Crippen molar-refractivity contribution in [3.05, 3.63) is 0 Å². The lowest BCUT2D eigenvalue weighted by molar-refractivity contribution is -0.142. The average Bonchev–Trinajstić information content (AvgIpc) is 2.78. The van der Waals surface area contributed by atoms with E-state index in [0.29, 0.717) is 13.2 Å². The Labute approximate surface area is 96.9 Å². The van der Waals surface area contributed by atoms with E-state index < -0.39 is 6.10 Å². The summed E-state index contributed by atoms with van der Waals surface area (Å²) in [4.78, 5) is 13.2. The molecule has 1 amide bonds. The van der Waals surface area contributed by atoms with Crippen molar-refractivity contribution in [3.8, 4) is 12.3 Å². The summed E-state index contributed by atoms with van der Waals surface area (Å²) in [7, 11) is 1.67. The molecule has 0 aliphatic carbocycles. The van der Waals surface area contributed by atoms with Gasteiger partial charge in [0.05, 0.1) is 19.3 Å². The average molecular weight is 225 g/mol. The molecule has 0 radical (unpaired) electrons. The van der Waals surface area contributed by atoms with Gasteiger partial charge >= 0.3 is 0 Å². The molecule has 0 bridgehead atoms. The molecule has 90 valence electrons. The van der Waals surface area contributed by atoms with Gasteiger partial charge in [-0.25, -0.2) is 0 Å². The van der Waals surface area contributed by atoms with Crippen molar-refractivity contribution in [2.45, 2.75) is 32.0 Å². The van der Waals surface area contributed by atoms with Gasteiger partial charge in [-0.05, 0) is 19.8 Å². The number of terminal acetylenes is 1. The van der Waals surface area contributed by atoms with Crippen LogP contribution in [-0.2, 0) is 14.3 Å². The number of nitrogens with zero attached hydrogens (tertiary/aromatic N) is 1. The summed E-state index contributed by atoms with van der Waals surface area (Å²) < 4.78 is 10.9. The maximum absolute atomic E-state index is 11.7. The Morgan fingerprint density at radius 2 is 2.50 bits per heavy atom. The highest BCUT2D eigenvalue weighted by atomic mass is 16.5. The minimum absolute atomic E-state index is 0.0871. The van der Waals surface area contributed by atoms with E-state index in [1.807, 2.05) is 0 Å². The third kappa shape index (κ3) is 3.84. The Balaban J connectivity index is 2.25. The van der Waals surface area contributed by atoms with Gasteiger partial charge in [0.15, 0.2) is 0 Å². The van der Waals surface area contributed by atoms with Crippen LogP contribution in [0.25, 0.3) is 0 Å². The van der Waals surface area contributed by atoms with Crippen LogP contribution in [0.15, 0.2) is 0 Å². The second kappa shape index (κ2) is 6.51. The van der Waals surface area contributed by atoms with Gasteiger partial charge in [-0.2, -0.15) is 0 Å². The van der Waals surface area contributed by atoms with Crippen LogP contribution in [-0.4, -0.2) is 49.8 Å². The van der Waals surface area contributed by atoms with Crippen molar-refractivity contribution < 1.29 is 14.3 Å². The Bertz CT molecular complexity index is 266. The van der Waals surface area contributed by atoms with E-state index in [4.69, 9.17) is 15.9 Å². The SMILES string of the molecule is C#CCN(C)C(=O)[C@@H](C)OC[C@@H]1CCCO1. The normalized spacial score (nSPS) is 21.4. The van der Waals surface area contributed by atoms with Gasteiger partial charge in [0.25, 0.3) is 5.91 Å². The zero-order valence-electron chi connectivity index (χ0n) is 9.94. The molecule has 1 aliphatic rings. The molecule has 2 atom stereocenters. The second-order valence-corrected chi connectivity index (χ2v) is 4.01. The molecule has 0 saturated carbocycles. The highest BCUT2D eigenvalue weighted by molar-refractivity contribution is 5.80. The lowest BCUT2D eigenvalue weighted by atomic mass is 10.2. The number of hydrogen-bond acceptors (Lipinski definition) is 3. The molecule has 1 aliphatic heterocycles. The van der Waals surface area contributed by atoms with E-state index in [1.54, 1.807) is 14.0 Å². The van der Waals surface area contributed by atoms with Crippen molar-refractivity contribution in [1.82, 2.24) is 4.90 Å². The standard InChI is InChI=1S/C12H19NO3/c1-4-7-13(3)12(14)10(2)16-9-11-6-5-8-15-11/h1,10-11H,5-9H2,2-3H3/t10-,11+/m1/s1. The first-order valence-electron chi connectivity index (χ1n) is 5.56. The summed E-state index contributed by atoms with van der Waals surface area (Å²) in [5.74, 6) is 2.34. The molecule has 0 aromatic carbocycles. The molecule has 4 nitrogen and oxygen atoms in total. The van der Waals surface area contributed by atoms with Crippen molar-refractivity contribution in [2.24, 2.45) is 0 Å². The van der Waals surface area contributed by atoms with Gasteiger partial charge in [-0.3, -0.25) is 4.79 Å². The summed E-state index contributed by atoms with van der Waals surface area (Å²) >= 11 is 0. The largest absolute Gasteiger partial charge is 0.376 e. The van der Waals surface area contributed by atoms with Gasteiger partial charge in [0, 0.05) is 13.7 Å². The van der Waals surface area contributed by atoms with E-state index >= 15 is 0 Å². The lowest BCUT2D eigenvalue weighted by Crippen LogP contribution is -2.37. The maximum Gasteiger partial charge on any atom is 0.251 e. The van der Waals surface area contributed by atoms with E-state index in [2.05, 4.69) is 5.92 Å². The molecular formula is C12H19NO3. The van der Waals surface area contributed by atoms with Gasteiger partial charge in [0.1, 0.15) is 6.10 Å². The quantitative estimate of drug-likeness (QED) is 0.645. The summed E-state index contributed by atoms with van der Waals surface area (Å²) in [6.07, 6.45) is 6.92. The molecule has 0 aromatic rings. The molecule has 0 N–H and O–H groups in total. The van der Waals surface area contributed by atoms with Gasteiger partial charge in [-0.15, -0.1) is 6.42 Å². The van der Waals surface area contributed by atoms with E-state index in [0.717, 1.165) is 19.4 Å². The number of amides is 1. The van der Waals surface area contributed by atoms with E-state index in [9.17, 15) is 4.79 Å². The zero-order valence-corrected chi connectivity index (χ0v) is 9.94. The number of hydrogen-bond donors (Lipinski definition) is 0. The monoisotopic (exact) mass is 225 g/mol. The number of carbonyl (C=O) groups excluding carboxylic acids is 1. The van der Waals surface area contributed by atoms with Crippen LogP contribution in [0.2, 0.25) is 0 Å². The molecule has 0 aromatic heterocycles. The van der Waals surface area contributed by atoms with Crippen LogP contribution in [0.4, 0.5) is 0 Å². The first-order valence-corrected chi connectivity index (χ1v) is 5.56. The minimum Gasteiger partial charge on any atom is -0.376 e. The van der Waals surface area contributed by atoms with Crippen molar-refractivity contribution in [3.63, 3.8) is 0 Å². The minimum atomic E-state index is -0.456. The molecule has 1 saturated heterocycles. The molecule has 16 heavy (non-hydrogen) atoms. The predicted molar refractivity (Wildman–Crippen MR) is 60.9 cm³/mol. The van der Waals surface area contributed by atoms with E-state index in [1.165, 1.54) is 4.90 Å². The molecule has 4 heteroatoms. The highest BCUT2D eigenvalue weighted by Gasteiger charge is 2.21. The van der Waals surface area contributed by atoms with Crippen LogP contribution < -0.4 is 0 Å². The molecule has 0 spiro atoms. The van der Waals surface area contributed by atoms with Crippen LogP contribution >= 0.6 is 0 Å². The van der Waals surface area contributed by atoms with E-state index in [-0.39, 0.29) is 12.0 Å². The molecular weight excluding hydrogens is 206 g/mol. The second-order valence-electron chi connectivity index (χ2n) is 4.01. The molecule has 1 rings (SSSR count). The van der Waals surface area contributed by atoms with Crippen molar-refractivity contribution in [2.75, 3.05) is 26.8 Å². The number of likely N-dealkylation sites (N-methyl/N-ethyl adjacent to an activating group) is 1. The van der Waals surface area contributed by atoms with Crippen molar-refractivity contribution >= 4 is 5.91 Å². The predicted octanol–water partition coefficient (Wildman–Crippen LogP) is 0.662. The number of carbonyl (C=O) groups is 1. The van der Waals surface area contributed by atoms with Crippen LogP contribution in [0, 0.1) is 12.3 Å². The summed E-state index contributed by atoms with van der Waals surface area (Å²) in [5, 5.41) is 0. The maximum atomic E-state index is 11.7. The Kier molecular flexibility index (Phi) is 5.30. The van der Waals surface area contributed by atoms with Crippen LogP contribution in [0.1, 0.15) is 19.8 Å². The number of rotatable bonds is 5. The first-order chi connectivity index (χ1) is 7.65. The topological polar surface area (TPSA) is 38.8 Å². The smallest absolute Gasteiger partial charge is 0.251 e. The highest BCUT2D eigenvalue weighted by Crippen LogP contribution is 2.13. The summed E-state index contributed by atoms with van der Waals surface area (Å²) in [6.45, 7) is 3.33. The first kappa shape index (κ1) is 13.0. The summed E-state index contributed by atoms with van der Waals surface area (Å²) in [5.41, 5.74) is 0. The van der Waals surface area contributed by atoms with Gasteiger partial charge < -0.3 is 14.4 Å². The van der Waals surface area contributed by atoms with Gasteiger partial charge in [0.2, 0.25) is 0 Å².